The van der Waals surface area contributed by atoms with E-state index in [2.05, 4.69) is 15.6 Å². The number of hydrogen-bond donors (Lipinski definition) is 2. The van der Waals surface area contributed by atoms with E-state index in [0.29, 0.717) is 23.4 Å². The van der Waals surface area contributed by atoms with E-state index in [1.165, 1.54) is 6.20 Å². The molecule has 1 aromatic heterocycles. The molecule has 1 unspecified atom stereocenters. The molecule has 0 saturated carbocycles. The van der Waals surface area contributed by atoms with E-state index in [0.717, 1.165) is 5.69 Å². The molecule has 0 spiro atoms. The Kier molecular flexibility index (Phi) is 5.65. The Morgan fingerprint density at radius 3 is 2.74 bits per heavy atom. The number of carbonyl (C=O) groups excluding carboxylic acids is 1. The normalized spacial score (nSPS) is 18.3. The van der Waals surface area contributed by atoms with Crippen LogP contribution in [-0.4, -0.2) is 43.0 Å². The minimum Gasteiger partial charge on any atom is -0.489 e. The van der Waals surface area contributed by atoms with Gasteiger partial charge in [-0.1, -0.05) is 12.1 Å². The molecule has 0 bridgehead atoms. The average molecular weight is 389 g/mol. The van der Waals surface area contributed by atoms with Gasteiger partial charge >= 0.3 is 0 Å². The van der Waals surface area contributed by atoms with Crippen molar-refractivity contribution in [3.8, 4) is 5.75 Å². The fourth-order valence-electron chi connectivity index (χ4n) is 2.89. The third-order valence-electron chi connectivity index (χ3n) is 4.10. The van der Waals surface area contributed by atoms with Gasteiger partial charge in [-0.2, -0.15) is 0 Å². The van der Waals surface area contributed by atoms with Crippen molar-refractivity contribution in [2.45, 2.75) is 32.4 Å². The summed E-state index contributed by atoms with van der Waals surface area (Å²) in [6.45, 7) is 3.90. The van der Waals surface area contributed by atoms with Gasteiger partial charge in [0.1, 0.15) is 5.75 Å². The Bertz CT molecular complexity index is 928. The molecule has 7 nitrogen and oxygen atoms in total. The Balaban J connectivity index is 1.72. The molecule has 27 heavy (non-hydrogen) atoms. The van der Waals surface area contributed by atoms with E-state index >= 15 is 0 Å². The summed E-state index contributed by atoms with van der Waals surface area (Å²) in [4.78, 5) is 16.5. The number of benzene rings is 1. The molecule has 2 aromatic rings. The molecule has 0 aliphatic carbocycles. The average Bonchev–Trinajstić information content (AvgIpc) is 2.95. The van der Waals surface area contributed by atoms with Crippen LogP contribution in [0.4, 0.5) is 11.4 Å². The SMILES string of the molecule is CC(C)Oc1ccccc1Nc1cncc(C(=O)NC2CCS(=O)(=O)C2)c1. The van der Waals surface area contributed by atoms with Crippen molar-refractivity contribution in [3.05, 3.63) is 48.3 Å². The maximum Gasteiger partial charge on any atom is 0.253 e. The Hall–Kier alpha value is -2.61. The molecular formula is C19H23N3O4S. The number of amides is 1. The summed E-state index contributed by atoms with van der Waals surface area (Å²) < 4.78 is 28.9. The quantitative estimate of drug-likeness (QED) is 0.788. The Labute approximate surface area is 159 Å². The van der Waals surface area contributed by atoms with Crippen molar-refractivity contribution in [1.29, 1.82) is 0 Å². The fraction of sp³-hybridized carbons (Fsp3) is 0.368. The van der Waals surface area contributed by atoms with Crippen molar-refractivity contribution in [3.63, 3.8) is 0 Å². The first-order valence-electron chi connectivity index (χ1n) is 8.81. The fourth-order valence-corrected chi connectivity index (χ4v) is 4.57. The lowest BCUT2D eigenvalue weighted by Gasteiger charge is -2.16. The number of carbonyl (C=O) groups is 1. The highest BCUT2D eigenvalue weighted by molar-refractivity contribution is 7.91. The van der Waals surface area contributed by atoms with Gasteiger partial charge in [0.05, 0.1) is 40.7 Å². The predicted octanol–water partition coefficient (Wildman–Crippen LogP) is 2.53. The van der Waals surface area contributed by atoms with E-state index in [1.54, 1.807) is 12.3 Å². The molecule has 144 valence electrons. The molecule has 2 N–H and O–H groups in total. The number of pyridine rings is 1. The third-order valence-corrected chi connectivity index (χ3v) is 5.86. The van der Waals surface area contributed by atoms with Crippen LogP contribution >= 0.6 is 0 Å². The number of ether oxygens (including phenoxy) is 1. The minimum atomic E-state index is -3.04. The second-order valence-corrected chi connectivity index (χ2v) is 9.05. The van der Waals surface area contributed by atoms with Gasteiger partial charge in [0.2, 0.25) is 0 Å². The van der Waals surface area contributed by atoms with Gasteiger partial charge in [-0.15, -0.1) is 0 Å². The number of aromatic nitrogens is 1. The third kappa shape index (κ3) is 5.19. The van der Waals surface area contributed by atoms with E-state index in [4.69, 9.17) is 4.74 Å². The van der Waals surface area contributed by atoms with Crippen LogP contribution in [0.1, 0.15) is 30.6 Å². The molecule has 1 amide bonds. The molecule has 0 radical (unpaired) electrons. The second-order valence-electron chi connectivity index (χ2n) is 6.82. The van der Waals surface area contributed by atoms with E-state index in [9.17, 15) is 13.2 Å². The summed E-state index contributed by atoms with van der Waals surface area (Å²) in [5.41, 5.74) is 1.78. The van der Waals surface area contributed by atoms with Gasteiger partial charge in [0.15, 0.2) is 9.84 Å². The largest absolute Gasteiger partial charge is 0.489 e. The standard InChI is InChI=1S/C19H23N3O4S/c1-13(2)26-18-6-4-3-5-17(18)21-16-9-14(10-20-11-16)19(23)22-15-7-8-27(24,25)12-15/h3-6,9-11,13,15,21H,7-8,12H2,1-2H3,(H,22,23). The first kappa shape index (κ1) is 19.2. The summed E-state index contributed by atoms with van der Waals surface area (Å²) in [7, 11) is -3.04. The monoisotopic (exact) mass is 389 g/mol. The number of rotatable bonds is 6. The molecule has 3 rings (SSSR count). The van der Waals surface area contributed by atoms with Gasteiger partial charge in [-0.3, -0.25) is 9.78 Å². The zero-order valence-corrected chi connectivity index (χ0v) is 16.1. The molecule has 8 heteroatoms. The highest BCUT2D eigenvalue weighted by Gasteiger charge is 2.29. The van der Waals surface area contributed by atoms with Gasteiger partial charge in [-0.05, 0) is 38.5 Å². The molecule has 1 atom stereocenters. The van der Waals surface area contributed by atoms with E-state index in [1.807, 2.05) is 38.1 Å². The van der Waals surface area contributed by atoms with Crippen molar-refractivity contribution >= 4 is 27.1 Å². The van der Waals surface area contributed by atoms with E-state index in [-0.39, 0.29) is 29.6 Å². The van der Waals surface area contributed by atoms with Crippen LogP contribution in [0.15, 0.2) is 42.7 Å². The topological polar surface area (TPSA) is 97.4 Å². The number of sulfone groups is 1. The van der Waals surface area contributed by atoms with Gasteiger partial charge in [0, 0.05) is 12.2 Å². The first-order chi connectivity index (χ1) is 12.8. The minimum absolute atomic E-state index is 0.00990. The van der Waals surface area contributed by atoms with Gasteiger partial charge < -0.3 is 15.4 Å². The van der Waals surface area contributed by atoms with Gasteiger partial charge in [-0.25, -0.2) is 8.42 Å². The molecule has 1 saturated heterocycles. The van der Waals surface area contributed by atoms with Crippen LogP contribution in [0.3, 0.4) is 0 Å². The molecular weight excluding hydrogens is 366 g/mol. The number of nitrogens with zero attached hydrogens (tertiary/aromatic N) is 1. The van der Waals surface area contributed by atoms with Crippen molar-refractivity contribution in [2.75, 3.05) is 16.8 Å². The molecule has 1 fully saturated rings. The summed E-state index contributed by atoms with van der Waals surface area (Å²) in [6.07, 6.45) is 3.55. The predicted molar refractivity (Wildman–Crippen MR) is 104 cm³/mol. The van der Waals surface area contributed by atoms with Gasteiger partial charge in [0.25, 0.3) is 5.91 Å². The van der Waals surface area contributed by atoms with Crippen molar-refractivity contribution in [2.24, 2.45) is 0 Å². The lowest BCUT2D eigenvalue weighted by Crippen LogP contribution is -2.35. The van der Waals surface area contributed by atoms with Crippen LogP contribution in [-0.2, 0) is 9.84 Å². The molecule has 1 aromatic carbocycles. The summed E-state index contributed by atoms with van der Waals surface area (Å²) in [5, 5.41) is 5.99. The molecule has 2 heterocycles. The molecule has 1 aliphatic rings. The van der Waals surface area contributed by atoms with Crippen LogP contribution in [0.25, 0.3) is 0 Å². The zero-order chi connectivity index (χ0) is 19.4. The highest BCUT2D eigenvalue weighted by atomic mass is 32.2. The number of anilines is 2. The number of nitrogens with one attached hydrogen (secondary N) is 2. The number of hydrogen-bond acceptors (Lipinski definition) is 6. The van der Waals surface area contributed by atoms with Crippen molar-refractivity contribution < 1.29 is 17.9 Å². The van der Waals surface area contributed by atoms with Crippen LogP contribution < -0.4 is 15.4 Å². The summed E-state index contributed by atoms with van der Waals surface area (Å²) >= 11 is 0. The van der Waals surface area contributed by atoms with Crippen molar-refractivity contribution in [1.82, 2.24) is 10.3 Å². The molecule has 1 aliphatic heterocycles. The smallest absolute Gasteiger partial charge is 0.253 e. The van der Waals surface area contributed by atoms with Crippen LogP contribution in [0, 0.1) is 0 Å². The Morgan fingerprint density at radius 2 is 2.04 bits per heavy atom. The lowest BCUT2D eigenvalue weighted by atomic mass is 10.2. The zero-order valence-electron chi connectivity index (χ0n) is 15.3. The Morgan fingerprint density at radius 1 is 1.26 bits per heavy atom. The summed E-state index contributed by atoms with van der Waals surface area (Å²) in [6, 6.07) is 8.86. The second kappa shape index (κ2) is 7.96. The highest BCUT2D eigenvalue weighted by Crippen LogP contribution is 2.28. The maximum atomic E-state index is 12.4. The van der Waals surface area contributed by atoms with Crippen LogP contribution in [0.5, 0.6) is 5.75 Å². The van der Waals surface area contributed by atoms with E-state index < -0.39 is 9.84 Å². The van der Waals surface area contributed by atoms with Crippen LogP contribution in [0.2, 0.25) is 0 Å². The maximum absolute atomic E-state index is 12.4. The lowest BCUT2D eigenvalue weighted by molar-refractivity contribution is 0.0941. The number of para-hydroxylation sites is 2. The summed E-state index contributed by atoms with van der Waals surface area (Å²) in [5.74, 6) is 0.479. The first-order valence-corrected chi connectivity index (χ1v) is 10.6.